The SMILES string of the molecule is CC(C)(C)OC(=O)N[C@H]1C[C@H](NS(=O)(=O)c2cc(C#N)ccn2)C1. The van der Waals surface area contributed by atoms with Crippen molar-refractivity contribution in [1.29, 1.82) is 5.26 Å². The van der Waals surface area contributed by atoms with Crippen LogP contribution in [-0.4, -0.2) is 37.2 Å². The molecule has 1 aromatic rings. The number of carbonyl (C=O) groups excluding carboxylic acids is 1. The number of pyridine rings is 1. The predicted octanol–water partition coefficient (Wildman–Crippen LogP) is 1.29. The van der Waals surface area contributed by atoms with E-state index in [2.05, 4.69) is 15.0 Å². The first-order valence-corrected chi connectivity index (χ1v) is 8.95. The number of aromatic nitrogens is 1. The molecule has 1 fully saturated rings. The van der Waals surface area contributed by atoms with Crippen LogP contribution in [0.2, 0.25) is 0 Å². The van der Waals surface area contributed by atoms with Crippen LogP contribution >= 0.6 is 0 Å². The number of nitriles is 1. The Morgan fingerprint density at radius 2 is 2.04 bits per heavy atom. The third-order valence-corrected chi connectivity index (χ3v) is 4.74. The molecule has 130 valence electrons. The van der Waals surface area contributed by atoms with Crippen molar-refractivity contribution in [2.24, 2.45) is 0 Å². The zero-order chi connectivity index (χ0) is 18.0. The lowest BCUT2D eigenvalue weighted by Gasteiger charge is -2.36. The lowest BCUT2D eigenvalue weighted by atomic mass is 9.88. The molecule has 8 nitrogen and oxygen atoms in total. The maximum absolute atomic E-state index is 12.2. The van der Waals surface area contributed by atoms with Gasteiger partial charge in [0.15, 0.2) is 5.03 Å². The highest BCUT2D eigenvalue weighted by Crippen LogP contribution is 2.22. The number of hydrogen-bond acceptors (Lipinski definition) is 6. The zero-order valence-electron chi connectivity index (χ0n) is 13.7. The molecule has 24 heavy (non-hydrogen) atoms. The normalized spacial score (nSPS) is 20.6. The standard InChI is InChI=1S/C15H20N4O4S/c1-15(2,3)23-14(20)18-11-7-12(8-11)19-24(21,22)13-6-10(9-16)4-5-17-13/h4-6,11-12,19H,7-8H2,1-3H3,(H,18,20)/t11-,12-. The molecular formula is C15H20N4O4S. The summed E-state index contributed by atoms with van der Waals surface area (Å²) in [4.78, 5) is 15.4. The maximum atomic E-state index is 12.2. The number of nitrogens with zero attached hydrogens (tertiary/aromatic N) is 2. The van der Waals surface area contributed by atoms with Crippen molar-refractivity contribution in [3.63, 3.8) is 0 Å². The summed E-state index contributed by atoms with van der Waals surface area (Å²) >= 11 is 0. The Balaban J connectivity index is 1.86. The highest BCUT2D eigenvalue weighted by Gasteiger charge is 2.35. The van der Waals surface area contributed by atoms with E-state index in [0.717, 1.165) is 0 Å². The Morgan fingerprint density at radius 3 is 2.62 bits per heavy atom. The van der Waals surface area contributed by atoms with Gasteiger partial charge in [-0.05, 0) is 45.7 Å². The van der Waals surface area contributed by atoms with E-state index in [0.29, 0.717) is 12.8 Å². The van der Waals surface area contributed by atoms with Crippen molar-refractivity contribution in [2.75, 3.05) is 0 Å². The van der Waals surface area contributed by atoms with Crippen LogP contribution in [0.5, 0.6) is 0 Å². The van der Waals surface area contributed by atoms with Gasteiger partial charge in [0.05, 0.1) is 11.6 Å². The second-order valence-electron chi connectivity index (χ2n) is 6.63. The van der Waals surface area contributed by atoms with Crippen LogP contribution in [0, 0.1) is 11.3 Å². The molecule has 0 bridgehead atoms. The van der Waals surface area contributed by atoms with Crippen LogP contribution in [0.1, 0.15) is 39.2 Å². The van der Waals surface area contributed by atoms with Gasteiger partial charge in [-0.25, -0.2) is 22.9 Å². The second-order valence-corrected chi connectivity index (χ2v) is 8.29. The van der Waals surface area contributed by atoms with Gasteiger partial charge in [0.1, 0.15) is 5.60 Å². The number of nitrogens with one attached hydrogen (secondary N) is 2. The van der Waals surface area contributed by atoms with Crippen LogP contribution < -0.4 is 10.0 Å². The average molecular weight is 352 g/mol. The van der Waals surface area contributed by atoms with E-state index in [9.17, 15) is 13.2 Å². The van der Waals surface area contributed by atoms with Crippen LogP contribution in [0.3, 0.4) is 0 Å². The van der Waals surface area contributed by atoms with Crippen molar-refractivity contribution in [2.45, 2.75) is 56.3 Å². The summed E-state index contributed by atoms with van der Waals surface area (Å²) in [5, 5.41) is 11.3. The summed E-state index contributed by atoms with van der Waals surface area (Å²) in [6, 6.07) is 4.10. The number of carbonyl (C=O) groups is 1. The van der Waals surface area contributed by atoms with Gasteiger partial charge >= 0.3 is 6.09 Å². The monoisotopic (exact) mass is 352 g/mol. The van der Waals surface area contributed by atoms with Crippen LogP contribution in [0.15, 0.2) is 23.4 Å². The molecule has 1 amide bonds. The largest absolute Gasteiger partial charge is 0.444 e. The summed E-state index contributed by atoms with van der Waals surface area (Å²) < 4.78 is 32.1. The lowest BCUT2D eigenvalue weighted by Crippen LogP contribution is -2.54. The molecule has 1 saturated carbocycles. The van der Waals surface area contributed by atoms with Crippen molar-refractivity contribution >= 4 is 16.1 Å². The van der Waals surface area contributed by atoms with Gasteiger partial charge in [0.25, 0.3) is 10.0 Å². The third-order valence-electron chi connectivity index (χ3n) is 3.32. The van der Waals surface area contributed by atoms with Crippen LogP contribution in [-0.2, 0) is 14.8 Å². The number of sulfonamides is 1. The Morgan fingerprint density at radius 1 is 1.38 bits per heavy atom. The topological polar surface area (TPSA) is 121 Å². The molecule has 1 aromatic heterocycles. The highest BCUT2D eigenvalue weighted by atomic mass is 32.2. The van der Waals surface area contributed by atoms with Gasteiger partial charge in [-0.2, -0.15) is 5.26 Å². The van der Waals surface area contributed by atoms with E-state index in [-0.39, 0.29) is 22.7 Å². The summed E-state index contributed by atoms with van der Waals surface area (Å²) in [6.45, 7) is 5.31. The fraction of sp³-hybridized carbons (Fsp3) is 0.533. The molecule has 0 spiro atoms. The summed E-state index contributed by atoms with van der Waals surface area (Å²) in [5.74, 6) is 0. The van der Waals surface area contributed by atoms with E-state index in [4.69, 9.17) is 10.00 Å². The van der Waals surface area contributed by atoms with Gasteiger partial charge in [0, 0.05) is 18.3 Å². The Hall–Kier alpha value is -2.18. The molecule has 0 saturated heterocycles. The Kier molecular flexibility index (Phi) is 5.11. The van der Waals surface area contributed by atoms with Gasteiger partial charge in [0.2, 0.25) is 0 Å². The summed E-state index contributed by atoms with van der Waals surface area (Å²) in [6.07, 6.45) is 1.70. The average Bonchev–Trinajstić information content (AvgIpc) is 2.43. The zero-order valence-corrected chi connectivity index (χ0v) is 14.6. The first kappa shape index (κ1) is 18.2. The molecule has 0 atom stereocenters. The van der Waals surface area contributed by atoms with Gasteiger partial charge in [-0.1, -0.05) is 0 Å². The second kappa shape index (κ2) is 6.75. The van der Waals surface area contributed by atoms with E-state index in [1.807, 2.05) is 6.07 Å². The van der Waals surface area contributed by atoms with Gasteiger partial charge in [-0.3, -0.25) is 0 Å². The maximum Gasteiger partial charge on any atom is 0.407 e. The minimum atomic E-state index is -3.79. The van der Waals surface area contributed by atoms with Crippen molar-refractivity contribution in [3.8, 4) is 6.07 Å². The molecule has 1 aliphatic rings. The smallest absolute Gasteiger partial charge is 0.407 e. The molecule has 0 radical (unpaired) electrons. The highest BCUT2D eigenvalue weighted by molar-refractivity contribution is 7.89. The molecular weight excluding hydrogens is 332 g/mol. The molecule has 0 unspecified atom stereocenters. The third kappa shape index (κ3) is 4.91. The molecule has 0 aliphatic heterocycles. The first-order chi connectivity index (χ1) is 11.1. The number of ether oxygens (including phenoxy) is 1. The quantitative estimate of drug-likeness (QED) is 0.842. The Labute approximate surface area is 141 Å². The fourth-order valence-corrected chi connectivity index (χ4v) is 3.45. The van der Waals surface area contributed by atoms with Crippen molar-refractivity contribution < 1.29 is 17.9 Å². The van der Waals surface area contributed by atoms with Gasteiger partial charge < -0.3 is 10.1 Å². The minimum absolute atomic E-state index is 0.133. The fourth-order valence-electron chi connectivity index (χ4n) is 2.21. The number of amides is 1. The molecule has 2 N–H and O–H groups in total. The van der Waals surface area contributed by atoms with Crippen molar-refractivity contribution in [1.82, 2.24) is 15.0 Å². The first-order valence-electron chi connectivity index (χ1n) is 7.47. The summed E-state index contributed by atoms with van der Waals surface area (Å²) in [5.41, 5.74) is -0.352. The van der Waals surface area contributed by atoms with Gasteiger partial charge in [-0.15, -0.1) is 0 Å². The Bertz CT molecular complexity index is 758. The molecule has 9 heteroatoms. The van der Waals surface area contributed by atoms with E-state index in [1.54, 1.807) is 20.8 Å². The van der Waals surface area contributed by atoms with E-state index >= 15 is 0 Å². The number of rotatable bonds is 4. The molecule has 1 heterocycles. The van der Waals surface area contributed by atoms with E-state index < -0.39 is 21.7 Å². The number of hydrogen-bond donors (Lipinski definition) is 2. The number of alkyl carbamates (subject to hydrolysis) is 1. The molecule has 0 aromatic carbocycles. The van der Waals surface area contributed by atoms with Crippen LogP contribution in [0.4, 0.5) is 4.79 Å². The van der Waals surface area contributed by atoms with E-state index in [1.165, 1.54) is 18.3 Å². The summed E-state index contributed by atoms with van der Waals surface area (Å²) in [7, 11) is -3.79. The predicted molar refractivity (Wildman–Crippen MR) is 85.5 cm³/mol. The molecule has 1 aliphatic carbocycles. The van der Waals surface area contributed by atoms with Crippen LogP contribution in [0.25, 0.3) is 0 Å². The lowest BCUT2D eigenvalue weighted by molar-refractivity contribution is 0.0470. The minimum Gasteiger partial charge on any atom is -0.444 e. The van der Waals surface area contributed by atoms with Crippen molar-refractivity contribution in [3.05, 3.63) is 23.9 Å². The molecule has 2 rings (SSSR count).